The fourth-order valence-electron chi connectivity index (χ4n) is 4.58. The lowest BCUT2D eigenvalue weighted by molar-refractivity contribution is 0.0377. The molecule has 2 aliphatic rings. The zero-order chi connectivity index (χ0) is 26.4. The number of carbonyl (C=O) groups excluding carboxylic acids is 1. The first-order valence-electron chi connectivity index (χ1n) is 12.8. The van der Waals surface area contributed by atoms with Crippen molar-refractivity contribution in [1.29, 1.82) is 0 Å². The van der Waals surface area contributed by atoms with Crippen LogP contribution in [0.1, 0.15) is 55.1 Å². The average Bonchev–Trinajstić information content (AvgIpc) is 2.88. The second kappa shape index (κ2) is 11.9. The molecule has 1 fully saturated rings. The number of halogens is 2. The van der Waals surface area contributed by atoms with Crippen LogP contribution in [0.2, 0.25) is 0 Å². The highest BCUT2D eigenvalue weighted by Crippen LogP contribution is 2.33. The predicted octanol–water partition coefficient (Wildman–Crippen LogP) is 5.74. The molecule has 37 heavy (non-hydrogen) atoms. The van der Waals surface area contributed by atoms with Crippen LogP contribution in [-0.4, -0.2) is 54.1 Å². The van der Waals surface area contributed by atoms with Crippen LogP contribution in [0.15, 0.2) is 66.1 Å². The first-order valence-corrected chi connectivity index (χ1v) is 12.8. The van der Waals surface area contributed by atoms with Gasteiger partial charge in [0.15, 0.2) is 0 Å². The van der Waals surface area contributed by atoms with Gasteiger partial charge in [0.05, 0.1) is 6.10 Å². The van der Waals surface area contributed by atoms with Crippen molar-refractivity contribution in [2.45, 2.75) is 58.8 Å². The Bertz CT molecular complexity index is 1130. The number of hydrogen-bond acceptors (Lipinski definition) is 6. The third kappa shape index (κ3) is 7.16. The van der Waals surface area contributed by atoms with Crippen LogP contribution in [0.5, 0.6) is 0 Å². The number of anilines is 1. The topological polar surface area (TPSA) is 54.9 Å². The van der Waals surface area contributed by atoms with E-state index in [0.29, 0.717) is 24.2 Å². The van der Waals surface area contributed by atoms with Crippen molar-refractivity contribution in [2.75, 3.05) is 31.1 Å². The van der Waals surface area contributed by atoms with Gasteiger partial charge in [0.25, 0.3) is 5.92 Å². The van der Waals surface area contributed by atoms with E-state index in [9.17, 15) is 13.6 Å². The summed E-state index contributed by atoms with van der Waals surface area (Å²) >= 11 is 0. The van der Waals surface area contributed by atoms with E-state index in [2.05, 4.69) is 26.9 Å². The summed E-state index contributed by atoms with van der Waals surface area (Å²) in [6.45, 7) is 8.86. The van der Waals surface area contributed by atoms with E-state index < -0.39 is 5.92 Å². The monoisotopic (exact) mass is 511 g/mol. The summed E-state index contributed by atoms with van der Waals surface area (Å²) < 4.78 is 38.9. The predicted molar refractivity (Wildman–Crippen MR) is 140 cm³/mol. The molecule has 198 valence electrons. The van der Waals surface area contributed by atoms with Gasteiger partial charge in [0.2, 0.25) is 0 Å². The lowest BCUT2D eigenvalue weighted by atomic mass is 9.98. The maximum atomic E-state index is 13.9. The Morgan fingerprint density at radius 1 is 1.08 bits per heavy atom. The summed E-state index contributed by atoms with van der Waals surface area (Å²) in [7, 11) is 0. The molecule has 6 nitrogen and oxygen atoms in total. The third-order valence-corrected chi connectivity index (χ3v) is 6.50. The smallest absolute Gasteiger partial charge is 0.342 e. The van der Waals surface area contributed by atoms with Crippen LogP contribution in [-0.2, 0) is 22.6 Å². The second-order valence-corrected chi connectivity index (χ2v) is 9.87. The number of rotatable bonds is 9. The first kappa shape index (κ1) is 26.8. The third-order valence-electron chi connectivity index (χ3n) is 6.50. The Morgan fingerprint density at radius 3 is 2.46 bits per heavy atom. The van der Waals surface area contributed by atoms with Crippen molar-refractivity contribution >= 4 is 11.8 Å². The molecular formula is C29H35F2N3O3. The number of piperazine rings is 1. The Balaban J connectivity index is 1.30. The van der Waals surface area contributed by atoms with Crippen LogP contribution < -0.4 is 4.90 Å². The van der Waals surface area contributed by atoms with Gasteiger partial charge in [-0.1, -0.05) is 30.3 Å². The van der Waals surface area contributed by atoms with Gasteiger partial charge in [-0.15, -0.1) is 0 Å². The summed E-state index contributed by atoms with van der Waals surface area (Å²) in [5.41, 5.74) is 2.68. The van der Waals surface area contributed by atoms with Gasteiger partial charge in [-0.05, 0) is 56.0 Å². The van der Waals surface area contributed by atoms with E-state index in [0.717, 1.165) is 45.2 Å². The molecule has 0 N–H and O–H groups in total. The molecule has 1 aromatic carbocycles. The van der Waals surface area contributed by atoms with E-state index in [1.165, 1.54) is 5.56 Å². The number of benzene rings is 1. The number of ether oxygens (including phenoxy) is 2. The first-order chi connectivity index (χ1) is 17.7. The zero-order valence-corrected chi connectivity index (χ0v) is 21.8. The van der Waals surface area contributed by atoms with Crippen molar-refractivity contribution in [3.63, 3.8) is 0 Å². The molecule has 4 rings (SSSR count). The minimum absolute atomic E-state index is 0.0698. The largest absolute Gasteiger partial charge is 0.489 e. The van der Waals surface area contributed by atoms with Gasteiger partial charge in [-0.25, -0.2) is 18.6 Å². The summed E-state index contributed by atoms with van der Waals surface area (Å²) in [5.74, 6) is -2.26. The molecule has 0 atom stereocenters. The highest BCUT2D eigenvalue weighted by atomic mass is 19.3. The van der Waals surface area contributed by atoms with E-state index in [4.69, 9.17) is 9.47 Å². The van der Waals surface area contributed by atoms with Crippen LogP contribution in [0, 0.1) is 0 Å². The Kier molecular flexibility index (Phi) is 8.59. The Labute approximate surface area is 217 Å². The molecule has 0 amide bonds. The number of allylic oxidation sites excluding steroid dienone is 3. The molecule has 2 aromatic rings. The van der Waals surface area contributed by atoms with Crippen molar-refractivity contribution in [1.82, 2.24) is 9.88 Å². The summed E-state index contributed by atoms with van der Waals surface area (Å²) in [6.07, 6.45) is 5.99. The summed E-state index contributed by atoms with van der Waals surface area (Å²) in [4.78, 5) is 21.5. The molecule has 1 aromatic heterocycles. The van der Waals surface area contributed by atoms with Crippen LogP contribution in [0.4, 0.5) is 14.6 Å². The molecule has 1 saturated heterocycles. The van der Waals surface area contributed by atoms with E-state index >= 15 is 0 Å². The second-order valence-electron chi connectivity index (χ2n) is 9.87. The van der Waals surface area contributed by atoms with Crippen molar-refractivity contribution in [3.05, 3.63) is 82.8 Å². The maximum Gasteiger partial charge on any atom is 0.342 e. The highest BCUT2D eigenvalue weighted by molar-refractivity contribution is 5.94. The number of pyridine rings is 1. The Hall–Kier alpha value is -3.26. The van der Waals surface area contributed by atoms with Gasteiger partial charge in [0, 0.05) is 51.4 Å². The lowest BCUT2D eigenvalue weighted by Gasteiger charge is -2.36. The molecule has 0 bridgehead atoms. The summed E-state index contributed by atoms with van der Waals surface area (Å²) in [6, 6.07) is 11.6. The number of esters is 1. The molecule has 0 unspecified atom stereocenters. The summed E-state index contributed by atoms with van der Waals surface area (Å²) in [5, 5.41) is 0. The number of nitrogens with zero attached hydrogens (tertiary/aromatic N) is 3. The molecule has 1 aliphatic carbocycles. The number of aromatic nitrogens is 1. The van der Waals surface area contributed by atoms with E-state index in [1.807, 2.05) is 32.1 Å². The van der Waals surface area contributed by atoms with Gasteiger partial charge >= 0.3 is 5.97 Å². The molecular weight excluding hydrogens is 476 g/mol. The molecule has 1 aliphatic heterocycles. The minimum atomic E-state index is -2.87. The minimum Gasteiger partial charge on any atom is -0.489 e. The van der Waals surface area contributed by atoms with Crippen molar-refractivity contribution in [2.24, 2.45) is 0 Å². The number of carbonyl (C=O) groups is 1. The van der Waals surface area contributed by atoms with Gasteiger partial charge in [-0.3, -0.25) is 4.90 Å². The van der Waals surface area contributed by atoms with Crippen molar-refractivity contribution < 1.29 is 23.0 Å². The lowest BCUT2D eigenvalue weighted by Crippen LogP contribution is -2.46. The number of alkyl halides is 2. The number of hydrogen-bond donors (Lipinski definition) is 0. The van der Waals surface area contributed by atoms with Crippen LogP contribution in [0.3, 0.4) is 0 Å². The van der Waals surface area contributed by atoms with Crippen molar-refractivity contribution in [3.8, 4) is 0 Å². The average molecular weight is 512 g/mol. The van der Waals surface area contributed by atoms with E-state index in [-0.39, 0.29) is 30.0 Å². The van der Waals surface area contributed by atoms with Crippen LogP contribution >= 0.6 is 0 Å². The van der Waals surface area contributed by atoms with Crippen LogP contribution in [0.25, 0.3) is 0 Å². The highest BCUT2D eigenvalue weighted by Gasteiger charge is 2.31. The van der Waals surface area contributed by atoms with Gasteiger partial charge in [0.1, 0.15) is 23.7 Å². The van der Waals surface area contributed by atoms with Gasteiger partial charge in [-0.2, -0.15) is 0 Å². The fourth-order valence-corrected chi connectivity index (χ4v) is 4.58. The molecule has 8 heteroatoms. The normalized spacial score (nSPS) is 16.9. The fraction of sp³-hybridized carbons (Fsp3) is 0.448. The Morgan fingerprint density at radius 2 is 1.78 bits per heavy atom. The molecule has 0 radical (unpaired) electrons. The SMILES string of the molecule is CC(C)OC(=O)c1cccnc1N1CCN(Cc2ccc(COC3=C(C(C)(F)F)CCC=C3)cc2)CC1. The standard InChI is InChI=1S/C29H35F2N3O3/c1-21(2)37-28(35)24-7-6-14-32-27(24)34-17-15-33(16-18-34)19-22-10-12-23(13-11-22)20-36-26-9-5-4-8-25(26)29(3,30)31/h5-7,9-14,21H,4,8,15-20H2,1-3H3. The molecule has 0 saturated carbocycles. The van der Waals surface area contributed by atoms with E-state index in [1.54, 1.807) is 24.4 Å². The molecule has 0 spiro atoms. The van der Waals surface area contributed by atoms with Gasteiger partial charge < -0.3 is 14.4 Å². The zero-order valence-electron chi connectivity index (χ0n) is 21.8. The quantitative estimate of drug-likeness (QED) is 0.400. The molecule has 2 heterocycles. The maximum absolute atomic E-state index is 13.9.